The zero-order valence-corrected chi connectivity index (χ0v) is 14.7. The van der Waals surface area contributed by atoms with Crippen LogP contribution in [0.1, 0.15) is 11.1 Å². The number of Topliss-reactive ketones (excluding diaryl/α,β-unsaturated/α-hetero) is 1. The summed E-state index contributed by atoms with van der Waals surface area (Å²) < 4.78 is 33.0. The zero-order valence-electron chi connectivity index (χ0n) is 13.9. The average Bonchev–Trinajstić information content (AvgIpc) is 3.01. The van der Waals surface area contributed by atoms with E-state index in [9.17, 15) is 13.2 Å². The van der Waals surface area contributed by atoms with E-state index in [2.05, 4.69) is 4.98 Å². The van der Waals surface area contributed by atoms with Crippen molar-refractivity contribution in [2.75, 3.05) is 13.2 Å². The van der Waals surface area contributed by atoms with Crippen molar-refractivity contribution in [3.05, 3.63) is 53.9 Å². The second-order valence-corrected chi connectivity index (χ2v) is 7.95. The summed E-state index contributed by atoms with van der Waals surface area (Å²) in [6, 6.07) is 8.01. The van der Waals surface area contributed by atoms with Gasteiger partial charge in [0.15, 0.2) is 5.78 Å². The highest BCUT2D eigenvalue weighted by atomic mass is 32.2. The normalized spacial score (nSPS) is 14.3. The number of pyridine rings is 1. The largest absolute Gasteiger partial charge is 0.486 e. The van der Waals surface area contributed by atoms with Gasteiger partial charge in [-0.05, 0) is 48.9 Å². The third-order valence-corrected chi connectivity index (χ3v) is 6.05. The Kier molecular flexibility index (Phi) is 4.01. The second-order valence-electron chi connectivity index (χ2n) is 6.14. The first-order valence-electron chi connectivity index (χ1n) is 8.19. The maximum Gasteiger partial charge on any atom is 0.268 e. The van der Waals surface area contributed by atoms with E-state index in [-0.39, 0.29) is 23.7 Å². The van der Waals surface area contributed by atoms with Crippen LogP contribution in [0.4, 0.5) is 0 Å². The van der Waals surface area contributed by atoms with Crippen LogP contribution in [0.2, 0.25) is 0 Å². The van der Waals surface area contributed by atoms with Crippen LogP contribution in [0, 0.1) is 0 Å². The third kappa shape index (κ3) is 2.67. The molecule has 1 aliphatic rings. The van der Waals surface area contributed by atoms with Gasteiger partial charge in [0.1, 0.15) is 12.4 Å². The van der Waals surface area contributed by atoms with Crippen molar-refractivity contribution in [1.82, 2.24) is 8.96 Å². The number of aromatic nitrogens is 2. The zero-order chi connectivity index (χ0) is 18.3. The summed E-state index contributed by atoms with van der Waals surface area (Å²) in [6.45, 7) is 0.420. The fraction of sp³-hybridized carbons (Fsp3) is 0.222. The quantitative estimate of drug-likeness (QED) is 0.741. The minimum absolute atomic E-state index is 0.0233. The minimum Gasteiger partial charge on any atom is -0.486 e. The molecule has 134 valence electrons. The summed E-state index contributed by atoms with van der Waals surface area (Å²) >= 11 is 0. The highest BCUT2D eigenvalue weighted by Crippen LogP contribution is 2.29. The average molecular weight is 371 g/mol. The summed E-state index contributed by atoms with van der Waals surface area (Å²) in [4.78, 5) is 16.0. The Morgan fingerprint density at radius 1 is 1.27 bits per heavy atom. The molecule has 1 aliphatic heterocycles. The fourth-order valence-corrected chi connectivity index (χ4v) is 4.59. The van der Waals surface area contributed by atoms with Crippen LogP contribution in [-0.2, 0) is 27.7 Å². The van der Waals surface area contributed by atoms with Gasteiger partial charge in [-0.15, -0.1) is 0 Å². The van der Waals surface area contributed by atoms with Gasteiger partial charge in [-0.1, -0.05) is 0 Å². The number of fused-ring (bicyclic) bond motifs is 2. The van der Waals surface area contributed by atoms with Gasteiger partial charge in [-0.25, -0.2) is 12.4 Å². The van der Waals surface area contributed by atoms with Crippen molar-refractivity contribution in [2.24, 2.45) is 5.73 Å². The molecule has 0 unspecified atom stereocenters. The van der Waals surface area contributed by atoms with E-state index in [0.29, 0.717) is 35.3 Å². The van der Waals surface area contributed by atoms with E-state index in [4.69, 9.17) is 10.5 Å². The molecule has 0 bridgehead atoms. The first kappa shape index (κ1) is 16.7. The number of carbonyl (C=O) groups is 1. The molecule has 0 fully saturated rings. The maximum atomic E-state index is 13.2. The molecule has 0 amide bonds. The highest BCUT2D eigenvalue weighted by molar-refractivity contribution is 7.90. The van der Waals surface area contributed by atoms with Crippen molar-refractivity contribution in [2.45, 2.75) is 17.7 Å². The number of hydrogen-bond donors (Lipinski definition) is 1. The van der Waals surface area contributed by atoms with Crippen LogP contribution in [-0.4, -0.2) is 36.3 Å². The number of hydrogen-bond acceptors (Lipinski definition) is 6. The monoisotopic (exact) mass is 371 g/mol. The Balaban J connectivity index is 1.86. The molecule has 26 heavy (non-hydrogen) atoms. The van der Waals surface area contributed by atoms with Gasteiger partial charge in [0.05, 0.1) is 15.9 Å². The molecule has 7 nitrogen and oxygen atoms in total. The molecular weight excluding hydrogens is 354 g/mol. The molecule has 0 aliphatic carbocycles. The van der Waals surface area contributed by atoms with Gasteiger partial charge in [0.25, 0.3) is 10.0 Å². The van der Waals surface area contributed by atoms with E-state index in [1.165, 1.54) is 16.1 Å². The Morgan fingerprint density at radius 2 is 2.12 bits per heavy atom. The van der Waals surface area contributed by atoms with Crippen molar-refractivity contribution < 1.29 is 17.9 Å². The van der Waals surface area contributed by atoms with Crippen LogP contribution in [0.25, 0.3) is 11.0 Å². The van der Waals surface area contributed by atoms with Crippen LogP contribution in [0.15, 0.2) is 47.6 Å². The number of nitrogens with two attached hydrogens (primary N) is 1. The topological polar surface area (TPSA) is 104 Å². The van der Waals surface area contributed by atoms with Crippen molar-refractivity contribution in [3.63, 3.8) is 0 Å². The molecule has 4 rings (SSSR count). The molecule has 8 heteroatoms. The summed E-state index contributed by atoms with van der Waals surface area (Å²) in [6.07, 6.45) is 3.90. The molecule has 0 saturated carbocycles. The summed E-state index contributed by atoms with van der Waals surface area (Å²) in [5, 5.41) is 0. The van der Waals surface area contributed by atoms with E-state index in [1.807, 2.05) is 0 Å². The van der Waals surface area contributed by atoms with Crippen LogP contribution >= 0.6 is 0 Å². The third-order valence-electron chi connectivity index (χ3n) is 4.38. The Hall–Kier alpha value is -2.71. The molecule has 0 spiro atoms. The first-order chi connectivity index (χ1) is 12.5. The van der Waals surface area contributed by atoms with Crippen molar-refractivity contribution in [1.29, 1.82) is 0 Å². The van der Waals surface area contributed by atoms with Crippen molar-refractivity contribution in [3.8, 4) is 5.75 Å². The molecular formula is C18H17N3O4S. The van der Waals surface area contributed by atoms with Gasteiger partial charge in [0, 0.05) is 24.4 Å². The maximum absolute atomic E-state index is 13.2. The van der Waals surface area contributed by atoms with Crippen LogP contribution < -0.4 is 10.5 Å². The molecule has 2 aromatic heterocycles. The van der Waals surface area contributed by atoms with Gasteiger partial charge in [-0.3, -0.25) is 9.78 Å². The predicted molar refractivity (Wildman–Crippen MR) is 95.7 cm³/mol. The lowest BCUT2D eigenvalue weighted by molar-refractivity contribution is -0.121. The Bertz CT molecular complexity index is 1120. The molecule has 3 aromatic rings. The summed E-state index contributed by atoms with van der Waals surface area (Å²) in [5.41, 5.74) is 8.13. The molecule has 0 radical (unpaired) electrons. The lowest BCUT2D eigenvalue weighted by atomic mass is 10.1. The Morgan fingerprint density at radius 3 is 2.92 bits per heavy atom. The van der Waals surface area contributed by atoms with Gasteiger partial charge in [0.2, 0.25) is 0 Å². The second kappa shape index (κ2) is 6.22. The van der Waals surface area contributed by atoms with E-state index in [1.54, 1.807) is 30.6 Å². The molecule has 1 aromatic carbocycles. The summed E-state index contributed by atoms with van der Waals surface area (Å²) in [5.74, 6) is 0.472. The van der Waals surface area contributed by atoms with E-state index < -0.39 is 10.0 Å². The smallest absolute Gasteiger partial charge is 0.268 e. The van der Waals surface area contributed by atoms with E-state index in [0.717, 1.165) is 5.56 Å². The number of ketones is 1. The summed E-state index contributed by atoms with van der Waals surface area (Å²) in [7, 11) is -3.85. The number of rotatable bonds is 4. The van der Waals surface area contributed by atoms with Crippen LogP contribution in [0.3, 0.4) is 0 Å². The molecule has 0 saturated heterocycles. The van der Waals surface area contributed by atoms with Crippen LogP contribution in [0.5, 0.6) is 5.75 Å². The highest BCUT2D eigenvalue weighted by Gasteiger charge is 2.25. The molecule has 3 heterocycles. The molecule has 2 N–H and O–H groups in total. The number of nitrogens with zero attached hydrogens (tertiary/aromatic N) is 2. The van der Waals surface area contributed by atoms with Gasteiger partial charge in [-0.2, -0.15) is 0 Å². The lowest BCUT2D eigenvalue weighted by Crippen LogP contribution is -2.21. The van der Waals surface area contributed by atoms with Gasteiger partial charge < -0.3 is 10.5 Å². The minimum atomic E-state index is -3.85. The van der Waals surface area contributed by atoms with Gasteiger partial charge >= 0.3 is 0 Å². The number of carbonyl (C=O) groups excluding carboxylic acids is 1. The number of ether oxygens (including phenoxy) is 1. The van der Waals surface area contributed by atoms with Crippen molar-refractivity contribution >= 4 is 26.8 Å². The van der Waals surface area contributed by atoms with E-state index >= 15 is 0 Å². The standard InChI is InChI=1S/C18H17N3O4S/c19-6-5-12-10-21(16-2-1-7-20-18(12)16)26(23,24)15-3-4-17-13(9-15)8-14(22)11-25-17/h1-4,7,9-10H,5-6,8,11,19H2. The Labute approximate surface area is 150 Å². The lowest BCUT2D eigenvalue weighted by Gasteiger charge is -2.17. The predicted octanol–water partition coefficient (Wildman–Crippen LogP) is 1.28. The fourth-order valence-electron chi connectivity index (χ4n) is 3.16. The SMILES string of the molecule is NCCc1cn(S(=O)(=O)c2ccc3c(c2)CC(=O)CO3)c2cccnc12. The number of benzene rings is 1. The molecule has 0 atom stereocenters. The first-order valence-corrected chi connectivity index (χ1v) is 9.63.